The second-order valence-electron chi connectivity index (χ2n) is 10.5. The van der Waals surface area contributed by atoms with Crippen LogP contribution in [0, 0.1) is 11.7 Å². The maximum absolute atomic E-state index is 13.7. The molecule has 7 nitrogen and oxygen atoms in total. The molecule has 2 amide bonds. The lowest BCUT2D eigenvalue weighted by Gasteiger charge is -2.28. The largest absolute Gasteiger partial charge is 0.455 e. The number of aliphatic hydroxyl groups excluding tert-OH is 1. The standard InChI is InChI=1S/C34H36FN3O4/c1-4-38(5-2)29-19-30-27(31(34(41)36-3)32(42-30)21-13-15-25(35)16-14-21)18-26(29)22-10-8-11-23(17-22)33(40)37-28-12-7-6-9-24(28)20-39/h6-8,10-11,13-19,24,28,39H,4-5,9,12,20H2,1-3H3,(H,36,41)(H,37,40)/t24-,28-/m0/s1. The molecule has 0 saturated carbocycles. The first-order valence-electron chi connectivity index (χ1n) is 14.4. The molecule has 3 aromatic carbocycles. The van der Waals surface area contributed by atoms with E-state index < -0.39 is 0 Å². The summed E-state index contributed by atoms with van der Waals surface area (Å²) in [6.07, 6.45) is 5.49. The first-order chi connectivity index (χ1) is 20.4. The molecule has 218 valence electrons. The minimum absolute atomic E-state index is 0.0147. The van der Waals surface area contributed by atoms with E-state index in [1.807, 2.05) is 42.5 Å². The van der Waals surface area contributed by atoms with Crippen LogP contribution in [0.1, 0.15) is 47.4 Å². The van der Waals surface area contributed by atoms with Gasteiger partial charge in [0, 0.05) is 72.5 Å². The van der Waals surface area contributed by atoms with Crippen LogP contribution in [0.25, 0.3) is 33.4 Å². The number of nitrogens with zero attached hydrogens (tertiary/aromatic N) is 1. The van der Waals surface area contributed by atoms with Crippen LogP contribution in [0.4, 0.5) is 10.1 Å². The second-order valence-corrected chi connectivity index (χ2v) is 10.5. The lowest BCUT2D eigenvalue weighted by Crippen LogP contribution is -2.42. The molecule has 0 saturated heterocycles. The quantitative estimate of drug-likeness (QED) is 0.210. The molecule has 2 atom stereocenters. The Bertz CT molecular complexity index is 1620. The summed E-state index contributed by atoms with van der Waals surface area (Å²) in [5, 5.41) is 16.2. The number of carbonyl (C=O) groups excluding carboxylic acids is 2. The van der Waals surface area contributed by atoms with Crippen LogP contribution < -0.4 is 15.5 Å². The number of anilines is 1. The molecule has 4 aromatic rings. The fourth-order valence-electron chi connectivity index (χ4n) is 5.67. The lowest BCUT2D eigenvalue weighted by molar-refractivity contribution is 0.0901. The SMILES string of the molecule is CCN(CC)c1cc2oc(-c3ccc(F)cc3)c(C(=O)NC)c2cc1-c1cccc(C(=O)N[C@H]2CC=CC[C@H]2CO)c1. The van der Waals surface area contributed by atoms with Gasteiger partial charge in [-0.25, -0.2) is 4.39 Å². The monoisotopic (exact) mass is 569 g/mol. The van der Waals surface area contributed by atoms with E-state index in [9.17, 15) is 19.1 Å². The second kappa shape index (κ2) is 12.6. The number of rotatable bonds is 9. The molecule has 5 rings (SSSR count). The molecule has 0 aliphatic heterocycles. The van der Waals surface area contributed by atoms with Gasteiger partial charge in [0.05, 0.1) is 5.56 Å². The molecule has 0 radical (unpaired) electrons. The average Bonchev–Trinajstić information content (AvgIpc) is 3.40. The Balaban J connectivity index is 1.64. The summed E-state index contributed by atoms with van der Waals surface area (Å²) < 4.78 is 20.0. The van der Waals surface area contributed by atoms with Gasteiger partial charge in [-0.2, -0.15) is 0 Å². The number of allylic oxidation sites excluding steroid dienone is 1. The van der Waals surface area contributed by atoms with Crippen LogP contribution in [0.2, 0.25) is 0 Å². The fraction of sp³-hybridized carbons (Fsp3) is 0.294. The third-order valence-corrected chi connectivity index (χ3v) is 8.02. The fourth-order valence-corrected chi connectivity index (χ4v) is 5.67. The third-order valence-electron chi connectivity index (χ3n) is 8.02. The maximum atomic E-state index is 13.7. The van der Waals surface area contributed by atoms with E-state index in [0.717, 1.165) is 36.3 Å². The van der Waals surface area contributed by atoms with Gasteiger partial charge in [0.2, 0.25) is 0 Å². The van der Waals surface area contributed by atoms with Gasteiger partial charge >= 0.3 is 0 Å². The normalized spacial score (nSPS) is 16.4. The van der Waals surface area contributed by atoms with Crippen molar-refractivity contribution in [3.8, 4) is 22.5 Å². The Morgan fingerprint density at radius 2 is 1.71 bits per heavy atom. The molecule has 3 N–H and O–H groups in total. The molecular weight excluding hydrogens is 533 g/mol. The van der Waals surface area contributed by atoms with Gasteiger partial charge in [-0.15, -0.1) is 0 Å². The summed E-state index contributed by atoms with van der Waals surface area (Å²) in [5.74, 6) is -0.548. The predicted molar refractivity (Wildman–Crippen MR) is 164 cm³/mol. The molecule has 42 heavy (non-hydrogen) atoms. The van der Waals surface area contributed by atoms with Crippen molar-refractivity contribution in [2.75, 3.05) is 31.6 Å². The van der Waals surface area contributed by atoms with Gasteiger partial charge in [-0.3, -0.25) is 9.59 Å². The highest BCUT2D eigenvalue weighted by Gasteiger charge is 2.26. The Kier molecular flexibility index (Phi) is 8.73. The Morgan fingerprint density at radius 3 is 2.40 bits per heavy atom. The van der Waals surface area contributed by atoms with E-state index in [2.05, 4.69) is 29.4 Å². The average molecular weight is 570 g/mol. The molecular formula is C34H36FN3O4. The highest BCUT2D eigenvalue weighted by Crippen LogP contribution is 2.41. The number of halogens is 1. The molecule has 1 aromatic heterocycles. The van der Waals surface area contributed by atoms with Gasteiger partial charge in [-0.05, 0) is 74.7 Å². The summed E-state index contributed by atoms with van der Waals surface area (Å²) in [6, 6.07) is 17.0. The van der Waals surface area contributed by atoms with E-state index in [-0.39, 0.29) is 36.2 Å². The van der Waals surface area contributed by atoms with Crippen LogP contribution in [-0.2, 0) is 0 Å². The topological polar surface area (TPSA) is 94.8 Å². The smallest absolute Gasteiger partial charge is 0.255 e. The minimum atomic E-state index is -0.377. The Morgan fingerprint density at radius 1 is 0.976 bits per heavy atom. The third kappa shape index (κ3) is 5.67. The van der Waals surface area contributed by atoms with Gasteiger partial charge in [0.15, 0.2) is 0 Å². The number of hydrogen-bond donors (Lipinski definition) is 3. The molecule has 1 heterocycles. The molecule has 0 unspecified atom stereocenters. The molecule has 8 heteroatoms. The van der Waals surface area contributed by atoms with E-state index in [0.29, 0.717) is 39.8 Å². The number of amides is 2. The molecule has 1 aliphatic carbocycles. The number of aliphatic hydroxyl groups is 1. The molecule has 0 bridgehead atoms. The van der Waals surface area contributed by atoms with E-state index in [1.54, 1.807) is 25.2 Å². The van der Waals surface area contributed by atoms with Crippen LogP contribution in [0.15, 0.2) is 77.2 Å². The number of nitrogens with one attached hydrogen (secondary N) is 2. The number of furan rings is 1. The van der Waals surface area contributed by atoms with E-state index >= 15 is 0 Å². The first kappa shape index (κ1) is 29.1. The zero-order valence-corrected chi connectivity index (χ0v) is 24.1. The van der Waals surface area contributed by atoms with Crippen molar-refractivity contribution in [2.45, 2.75) is 32.7 Å². The molecule has 0 fully saturated rings. The first-order valence-corrected chi connectivity index (χ1v) is 14.4. The summed E-state index contributed by atoms with van der Waals surface area (Å²) in [4.78, 5) is 28.7. The van der Waals surface area contributed by atoms with Gasteiger partial charge < -0.3 is 25.1 Å². The minimum Gasteiger partial charge on any atom is -0.455 e. The van der Waals surface area contributed by atoms with E-state index in [1.165, 1.54) is 12.1 Å². The number of carbonyl (C=O) groups is 2. The molecule has 0 spiro atoms. The zero-order valence-electron chi connectivity index (χ0n) is 24.1. The van der Waals surface area contributed by atoms with Crippen LogP contribution in [0.3, 0.4) is 0 Å². The lowest BCUT2D eigenvalue weighted by atomic mass is 9.89. The van der Waals surface area contributed by atoms with Crippen molar-refractivity contribution in [3.63, 3.8) is 0 Å². The van der Waals surface area contributed by atoms with Crippen molar-refractivity contribution in [3.05, 3.63) is 89.8 Å². The van der Waals surface area contributed by atoms with Crippen LogP contribution in [-0.4, -0.2) is 49.7 Å². The van der Waals surface area contributed by atoms with Crippen LogP contribution >= 0.6 is 0 Å². The van der Waals surface area contributed by atoms with Crippen molar-refractivity contribution >= 4 is 28.5 Å². The Labute approximate surface area is 245 Å². The summed E-state index contributed by atoms with van der Waals surface area (Å²) in [7, 11) is 1.56. The van der Waals surface area contributed by atoms with Crippen LogP contribution in [0.5, 0.6) is 0 Å². The predicted octanol–water partition coefficient (Wildman–Crippen LogP) is 6.17. The zero-order chi connectivity index (χ0) is 29.8. The summed E-state index contributed by atoms with van der Waals surface area (Å²) >= 11 is 0. The summed E-state index contributed by atoms with van der Waals surface area (Å²) in [6.45, 7) is 5.63. The van der Waals surface area contributed by atoms with E-state index in [4.69, 9.17) is 4.42 Å². The number of hydrogen-bond acceptors (Lipinski definition) is 5. The number of fused-ring (bicyclic) bond motifs is 1. The molecule has 1 aliphatic rings. The van der Waals surface area contributed by atoms with Crippen molar-refractivity contribution in [1.82, 2.24) is 10.6 Å². The highest BCUT2D eigenvalue weighted by molar-refractivity contribution is 6.13. The van der Waals surface area contributed by atoms with Gasteiger partial charge in [-0.1, -0.05) is 24.3 Å². The number of benzene rings is 3. The summed E-state index contributed by atoms with van der Waals surface area (Å²) in [5.41, 5.74) is 4.58. The van der Waals surface area contributed by atoms with Gasteiger partial charge in [0.1, 0.15) is 17.2 Å². The van der Waals surface area contributed by atoms with Gasteiger partial charge in [0.25, 0.3) is 11.8 Å². The van der Waals surface area contributed by atoms with Crippen molar-refractivity contribution in [1.29, 1.82) is 0 Å². The highest BCUT2D eigenvalue weighted by atomic mass is 19.1. The van der Waals surface area contributed by atoms with Crippen molar-refractivity contribution in [2.24, 2.45) is 5.92 Å². The Hall–Kier alpha value is -4.43. The maximum Gasteiger partial charge on any atom is 0.255 e. The van der Waals surface area contributed by atoms with Crippen molar-refractivity contribution < 1.29 is 23.5 Å².